The number of hydrogen-bond donors (Lipinski definition) is 3. The van der Waals surface area contributed by atoms with Gasteiger partial charge in [-0.1, -0.05) is 0 Å². The lowest BCUT2D eigenvalue weighted by atomic mass is 10.2. The minimum absolute atomic E-state index is 0.00324. The highest BCUT2D eigenvalue weighted by Gasteiger charge is 2.21. The van der Waals surface area contributed by atoms with E-state index in [1.165, 1.54) is 4.90 Å². The van der Waals surface area contributed by atoms with Gasteiger partial charge in [-0.05, 0) is 13.8 Å². The van der Waals surface area contributed by atoms with E-state index in [1.54, 1.807) is 14.0 Å². The summed E-state index contributed by atoms with van der Waals surface area (Å²) in [6.07, 6.45) is 0. The first-order valence-electron chi connectivity index (χ1n) is 5.30. The molecule has 0 aliphatic rings. The molecule has 0 atom stereocenters. The number of carbonyl (C=O) groups excluding carboxylic acids is 2. The van der Waals surface area contributed by atoms with E-state index in [0.717, 1.165) is 0 Å². The SMILES string of the molecule is CCNC(=O)CN(C)C(=O)c1c(N)n[nH]c1C. The lowest BCUT2D eigenvalue weighted by molar-refractivity contribution is -0.121. The van der Waals surface area contributed by atoms with Gasteiger partial charge in [0.2, 0.25) is 5.91 Å². The maximum Gasteiger partial charge on any atom is 0.259 e. The quantitative estimate of drug-likeness (QED) is 0.659. The van der Waals surface area contributed by atoms with E-state index in [0.29, 0.717) is 17.8 Å². The number of nitrogen functional groups attached to an aromatic ring is 1. The number of likely N-dealkylation sites (N-methyl/N-ethyl adjacent to an activating group) is 2. The molecule has 17 heavy (non-hydrogen) atoms. The summed E-state index contributed by atoms with van der Waals surface area (Å²) >= 11 is 0. The van der Waals surface area contributed by atoms with Gasteiger partial charge >= 0.3 is 0 Å². The van der Waals surface area contributed by atoms with Gasteiger partial charge < -0.3 is 16.0 Å². The van der Waals surface area contributed by atoms with Crippen molar-refractivity contribution in [3.8, 4) is 0 Å². The number of aryl methyl sites for hydroxylation is 1. The Morgan fingerprint density at radius 1 is 1.53 bits per heavy atom. The van der Waals surface area contributed by atoms with Crippen molar-refractivity contribution < 1.29 is 9.59 Å². The first kappa shape index (κ1) is 13.0. The third kappa shape index (κ3) is 2.96. The molecular weight excluding hydrogens is 222 g/mol. The number of nitrogens with one attached hydrogen (secondary N) is 2. The maximum atomic E-state index is 12.0. The van der Waals surface area contributed by atoms with Gasteiger partial charge in [-0.25, -0.2) is 0 Å². The van der Waals surface area contributed by atoms with Crippen molar-refractivity contribution in [2.45, 2.75) is 13.8 Å². The van der Waals surface area contributed by atoms with Crippen molar-refractivity contribution >= 4 is 17.6 Å². The van der Waals surface area contributed by atoms with E-state index in [9.17, 15) is 9.59 Å². The molecule has 1 heterocycles. The molecule has 1 rings (SSSR count). The molecule has 0 aliphatic carbocycles. The van der Waals surface area contributed by atoms with Crippen molar-refractivity contribution in [3.05, 3.63) is 11.3 Å². The Morgan fingerprint density at radius 2 is 2.18 bits per heavy atom. The predicted octanol–water partition coefficient (Wildman–Crippen LogP) is -0.492. The van der Waals surface area contributed by atoms with Gasteiger partial charge in [-0.15, -0.1) is 0 Å². The smallest absolute Gasteiger partial charge is 0.259 e. The number of amides is 2. The van der Waals surface area contributed by atoms with E-state index >= 15 is 0 Å². The number of aromatic nitrogens is 2. The van der Waals surface area contributed by atoms with Crippen LogP contribution in [-0.4, -0.2) is 47.0 Å². The van der Waals surface area contributed by atoms with Crippen molar-refractivity contribution in [2.75, 3.05) is 25.9 Å². The Balaban J connectivity index is 2.74. The molecule has 0 unspecified atom stereocenters. The third-order valence-corrected chi connectivity index (χ3v) is 2.29. The van der Waals surface area contributed by atoms with Crippen LogP contribution in [0.5, 0.6) is 0 Å². The Kier molecular flexibility index (Phi) is 4.08. The van der Waals surface area contributed by atoms with Crippen molar-refractivity contribution in [1.82, 2.24) is 20.4 Å². The van der Waals surface area contributed by atoms with Gasteiger partial charge in [-0.2, -0.15) is 5.10 Å². The number of aromatic amines is 1. The fourth-order valence-corrected chi connectivity index (χ4v) is 1.45. The molecule has 0 aromatic carbocycles. The number of nitrogens with zero attached hydrogens (tertiary/aromatic N) is 2. The fourth-order valence-electron chi connectivity index (χ4n) is 1.45. The zero-order valence-corrected chi connectivity index (χ0v) is 10.2. The van der Waals surface area contributed by atoms with E-state index in [1.807, 2.05) is 6.92 Å². The minimum Gasteiger partial charge on any atom is -0.382 e. The summed E-state index contributed by atoms with van der Waals surface area (Å²) in [4.78, 5) is 24.6. The van der Waals surface area contributed by atoms with E-state index in [2.05, 4.69) is 15.5 Å². The summed E-state index contributed by atoms with van der Waals surface area (Å²) < 4.78 is 0. The van der Waals surface area contributed by atoms with Crippen LogP contribution in [0.1, 0.15) is 23.0 Å². The molecule has 0 bridgehead atoms. The second-order valence-electron chi connectivity index (χ2n) is 3.72. The molecule has 0 aliphatic heterocycles. The molecule has 7 heteroatoms. The van der Waals surface area contributed by atoms with Gasteiger partial charge in [0.05, 0.1) is 6.54 Å². The molecule has 1 aromatic rings. The second-order valence-corrected chi connectivity index (χ2v) is 3.72. The molecule has 2 amide bonds. The van der Waals surface area contributed by atoms with Crippen LogP contribution in [0.3, 0.4) is 0 Å². The first-order chi connectivity index (χ1) is 7.97. The number of hydrogen-bond acceptors (Lipinski definition) is 4. The van der Waals surface area contributed by atoms with Crippen LogP contribution in [-0.2, 0) is 4.79 Å². The van der Waals surface area contributed by atoms with Crippen molar-refractivity contribution in [3.63, 3.8) is 0 Å². The van der Waals surface area contributed by atoms with E-state index in [-0.39, 0.29) is 24.2 Å². The van der Waals surface area contributed by atoms with Gasteiger partial charge in [0.25, 0.3) is 5.91 Å². The minimum atomic E-state index is -0.319. The van der Waals surface area contributed by atoms with Crippen LogP contribution in [0.25, 0.3) is 0 Å². The molecule has 94 valence electrons. The van der Waals surface area contributed by atoms with Crippen LogP contribution >= 0.6 is 0 Å². The summed E-state index contributed by atoms with van der Waals surface area (Å²) in [7, 11) is 1.55. The first-order valence-corrected chi connectivity index (χ1v) is 5.30. The van der Waals surface area contributed by atoms with Crippen LogP contribution in [0.4, 0.5) is 5.82 Å². The number of nitrogens with two attached hydrogens (primary N) is 1. The number of rotatable bonds is 4. The number of H-pyrrole nitrogens is 1. The second kappa shape index (κ2) is 5.33. The molecule has 0 radical (unpaired) electrons. The molecule has 7 nitrogen and oxygen atoms in total. The standard InChI is InChI=1S/C10H17N5O2/c1-4-12-7(16)5-15(3)10(17)8-6(2)13-14-9(8)11/h4-5H2,1-3H3,(H,12,16)(H3,11,13,14). The normalized spacial score (nSPS) is 10.1. The van der Waals surface area contributed by atoms with Crippen molar-refractivity contribution in [2.24, 2.45) is 0 Å². The molecule has 0 fully saturated rings. The van der Waals surface area contributed by atoms with Crippen LogP contribution < -0.4 is 11.1 Å². The van der Waals surface area contributed by atoms with Crippen LogP contribution in [0, 0.1) is 6.92 Å². The molecule has 1 aromatic heterocycles. The molecule has 0 saturated carbocycles. The van der Waals surface area contributed by atoms with Gasteiger partial charge in [0.15, 0.2) is 5.82 Å². The van der Waals surface area contributed by atoms with Crippen LogP contribution in [0.2, 0.25) is 0 Å². The lowest BCUT2D eigenvalue weighted by Gasteiger charge is -2.16. The summed E-state index contributed by atoms with van der Waals surface area (Å²) in [5.41, 5.74) is 6.49. The molecule has 4 N–H and O–H groups in total. The average molecular weight is 239 g/mol. The van der Waals surface area contributed by atoms with Gasteiger partial charge in [0.1, 0.15) is 5.56 Å². The monoisotopic (exact) mass is 239 g/mol. The number of anilines is 1. The Labute approximate surface area is 99.4 Å². The summed E-state index contributed by atoms with van der Waals surface area (Å²) in [6.45, 7) is 4.05. The Morgan fingerprint density at radius 3 is 2.65 bits per heavy atom. The maximum absolute atomic E-state index is 12.0. The zero-order chi connectivity index (χ0) is 13.0. The van der Waals surface area contributed by atoms with E-state index in [4.69, 9.17) is 5.73 Å². The summed E-state index contributed by atoms with van der Waals surface area (Å²) in [5.74, 6) is -0.377. The molecule has 0 spiro atoms. The van der Waals surface area contributed by atoms with Crippen molar-refractivity contribution in [1.29, 1.82) is 0 Å². The predicted molar refractivity (Wildman–Crippen MR) is 63.4 cm³/mol. The fraction of sp³-hybridized carbons (Fsp3) is 0.500. The zero-order valence-electron chi connectivity index (χ0n) is 10.2. The summed E-state index contributed by atoms with van der Waals surface area (Å²) in [5, 5.41) is 8.99. The Hall–Kier alpha value is -2.05. The highest BCUT2D eigenvalue weighted by molar-refractivity contribution is 6.00. The number of carbonyl (C=O) groups is 2. The highest BCUT2D eigenvalue weighted by Crippen LogP contribution is 2.14. The topological polar surface area (TPSA) is 104 Å². The van der Waals surface area contributed by atoms with Gasteiger partial charge in [0, 0.05) is 19.3 Å². The average Bonchev–Trinajstić information content (AvgIpc) is 2.58. The van der Waals surface area contributed by atoms with Gasteiger partial charge in [-0.3, -0.25) is 14.7 Å². The van der Waals surface area contributed by atoms with E-state index < -0.39 is 0 Å². The van der Waals surface area contributed by atoms with Crippen LogP contribution in [0.15, 0.2) is 0 Å². The largest absolute Gasteiger partial charge is 0.382 e. The summed E-state index contributed by atoms with van der Waals surface area (Å²) in [6, 6.07) is 0. The third-order valence-electron chi connectivity index (χ3n) is 2.29. The molecule has 0 saturated heterocycles. The highest BCUT2D eigenvalue weighted by atomic mass is 16.2. The Bertz CT molecular complexity index is 407. The molecular formula is C10H17N5O2. The lowest BCUT2D eigenvalue weighted by Crippen LogP contribution is -2.38.